The summed E-state index contributed by atoms with van der Waals surface area (Å²) in [7, 11) is 0. The third-order valence-electron chi connectivity index (χ3n) is 2.96. The molecule has 1 aromatic rings. The van der Waals surface area contributed by atoms with E-state index in [0.29, 0.717) is 6.04 Å². The van der Waals surface area contributed by atoms with Gasteiger partial charge >= 0.3 is 0 Å². The minimum absolute atomic E-state index is 0.164. The summed E-state index contributed by atoms with van der Waals surface area (Å²) in [5.41, 5.74) is 0. The second-order valence-corrected chi connectivity index (χ2v) is 4.57. The Balaban J connectivity index is 1.91. The molecule has 1 saturated carbocycles. The van der Waals surface area contributed by atoms with E-state index in [1.54, 1.807) is 0 Å². The zero-order chi connectivity index (χ0) is 11.4. The lowest BCUT2D eigenvalue weighted by atomic mass is 10.2. The van der Waals surface area contributed by atoms with Crippen LogP contribution < -0.4 is 5.32 Å². The molecule has 1 aliphatic carbocycles. The second kappa shape index (κ2) is 5.46. The Labute approximate surface area is 96.7 Å². The lowest BCUT2D eigenvalue weighted by Crippen LogP contribution is -2.38. The van der Waals surface area contributed by atoms with E-state index in [2.05, 4.69) is 21.8 Å². The molecule has 2 N–H and O–H groups in total. The van der Waals surface area contributed by atoms with Crippen molar-refractivity contribution in [3.63, 3.8) is 0 Å². The minimum Gasteiger partial charge on any atom is -0.395 e. The van der Waals surface area contributed by atoms with Crippen molar-refractivity contribution in [1.29, 1.82) is 0 Å². The summed E-state index contributed by atoms with van der Waals surface area (Å²) in [5, 5.41) is 12.8. The Morgan fingerprint density at radius 3 is 3.06 bits per heavy atom. The van der Waals surface area contributed by atoms with Crippen LogP contribution in [0.3, 0.4) is 0 Å². The molecule has 1 aliphatic rings. The van der Waals surface area contributed by atoms with E-state index < -0.39 is 0 Å². The lowest BCUT2D eigenvalue weighted by Gasteiger charge is -2.17. The van der Waals surface area contributed by atoms with Crippen LogP contribution >= 0.6 is 0 Å². The third kappa shape index (κ3) is 3.06. The SMILES string of the molecule is CCCc1nccn1CC(CO)NC1CC1. The molecule has 0 amide bonds. The molecule has 16 heavy (non-hydrogen) atoms. The van der Waals surface area contributed by atoms with Crippen molar-refractivity contribution in [3.05, 3.63) is 18.2 Å². The predicted octanol–water partition coefficient (Wildman–Crippen LogP) is 0.949. The summed E-state index contributed by atoms with van der Waals surface area (Å²) in [6, 6.07) is 0.799. The van der Waals surface area contributed by atoms with E-state index in [1.807, 2.05) is 12.4 Å². The molecule has 1 atom stereocenters. The van der Waals surface area contributed by atoms with Crippen molar-refractivity contribution in [1.82, 2.24) is 14.9 Å². The molecule has 0 saturated heterocycles. The number of aliphatic hydroxyl groups excluding tert-OH is 1. The number of aromatic nitrogens is 2. The van der Waals surface area contributed by atoms with Crippen LogP contribution in [0.4, 0.5) is 0 Å². The highest BCUT2D eigenvalue weighted by Crippen LogP contribution is 2.19. The summed E-state index contributed by atoms with van der Waals surface area (Å²) >= 11 is 0. The van der Waals surface area contributed by atoms with Gasteiger partial charge in [-0.25, -0.2) is 4.98 Å². The summed E-state index contributed by atoms with van der Waals surface area (Å²) in [5.74, 6) is 1.12. The van der Waals surface area contributed by atoms with Gasteiger partial charge in [-0.05, 0) is 19.3 Å². The van der Waals surface area contributed by atoms with Gasteiger partial charge in [-0.15, -0.1) is 0 Å². The van der Waals surface area contributed by atoms with Crippen LogP contribution in [0.1, 0.15) is 32.0 Å². The van der Waals surface area contributed by atoms with Crippen molar-refractivity contribution >= 4 is 0 Å². The molecule has 0 aliphatic heterocycles. The van der Waals surface area contributed by atoms with Crippen molar-refractivity contribution in [3.8, 4) is 0 Å². The highest BCUT2D eigenvalue weighted by Gasteiger charge is 2.24. The lowest BCUT2D eigenvalue weighted by molar-refractivity contribution is 0.226. The largest absolute Gasteiger partial charge is 0.395 e. The van der Waals surface area contributed by atoms with Gasteiger partial charge in [0.2, 0.25) is 0 Å². The van der Waals surface area contributed by atoms with Gasteiger partial charge < -0.3 is 15.0 Å². The van der Waals surface area contributed by atoms with Crippen LogP contribution in [-0.4, -0.2) is 33.3 Å². The molecule has 1 heterocycles. The molecular formula is C12H21N3O. The van der Waals surface area contributed by atoms with Crippen LogP contribution in [0.2, 0.25) is 0 Å². The first kappa shape index (κ1) is 11.6. The monoisotopic (exact) mass is 223 g/mol. The van der Waals surface area contributed by atoms with Gasteiger partial charge in [-0.1, -0.05) is 6.92 Å². The van der Waals surface area contributed by atoms with Crippen LogP contribution in [0.5, 0.6) is 0 Å². The van der Waals surface area contributed by atoms with Gasteiger partial charge in [-0.3, -0.25) is 0 Å². The van der Waals surface area contributed by atoms with Crippen molar-refractivity contribution < 1.29 is 5.11 Å². The third-order valence-corrected chi connectivity index (χ3v) is 2.96. The number of nitrogens with zero attached hydrogens (tertiary/aromatic N) is 2. The Hall–Kier alpha value is -0.870. The van der Waals surface area contributed by atoms with Crippen LogP contribution in [0.25, 0.3) is 0 Å². The maximum atomic E-state index is 9.33. The molecule has 4 nitrogen and oxygen atoms in total. The van der Waals surface area contributed by atoms with Crippen molar-refractivity contribution in [2.24, 2.45) is 0 Å². The Kier molecular flexibility index (Phi) is 3.96. The number of hydrogen-bond acceptors (Lipinski definition) is 3. The predicted molar refractivity (Wildman–Crippen MR) is 63.3 cm³/mol. The number of nitrogens with one attached hydrogen (secondary N) is 1. The second-order valence-electron chi connectivity index (χ2n) is 4.57. The van der Waals surface area contributed by atoms with Crippen molar-refractivity contribution in [2.45, 2.75) is 51.2 Å². The fourth-order valence-electron chi connectivity index (χ4n) is 1.94. The number of hydrogen-bond donors (Lipinski definition) is 2. The van der Waals surface area contributed by atoms with Crippen LogP contribution in [-0.2, 0) is 13.0 Å². The Morgan fingerprint density at radius 2 is 2.44 bits per heavy atom. The fourth-order valence-corrected chi connectivity index (χ4v) is 1.94. The van der Waals surface area contributed by atoms with E-state index in [1.165, 1.54) is 12.8 Å². The molecule has 1 fully saturated rings. The highest BCUT2D eigenvalue weighted by atomic mass is 16.3. The fraction of sp³-hybridized carbons (Fsp3) is 0.750. The molecule has 0 aromatic carbocycles. The smallest absolute Gasteiger partial charge is 0.108 e. The molecule has 0 spiro atoms. The van der Waals surface area contributed by atoms with Gasteiger partial charge in [0.05, 0.1) is 6.61 Å². The summed E-state index contributed by atoms with van der Waals surface area (Å²) in [6.07, 6.45) is 8.47. The maximum absolute atomic E-state index is 9.33. The molecule has 1 unspecified atom stereocenters. The first-order chi connectivity index (χ1) is 7.83. The zero-order valence-electron chi connectivity index (χ0n) is 9.89. The van der Waals surface area contributed by atoms with E-state index >= 15 is 0 Å². The average molecular weight is 223 g/mol. The topological polar surface area (TPSA) is 50.1 Å². The number of imidazole rings is 1. The molecular weight excluding hydrogens is 202 g/mol. The molecule has 0 radical (unpaired) electrons. The summed E-state index contributed by atoms with van der Waals surface area (Å²) in [6.45, 7) is 3.17. The highest BCUT2D eigenvalue weighted by molar-refractivity contribution is 4.94. The minimum atomic E-state index is 0.164. The number of aryl methyl sites for hydroxylation is 1. The van der Waals surface area contributed by atoms with E-state index in [9.17, 15) is 5.11 Å². The first-order valence-corrected chi connectivity index (χ1v) is 6.20. The molecule has 0 bridgehead atoms. The molecule has 4 heteroatoms. The zero-order valence-corrected chi connectivity index (χ0v) is 9.89. The van der Waals surface area contributed by atoms with Crippen molar-refractivity contribution in [2.75, 3.05) is 6.61 Å². The van der Waals surface area contributed by atoms with Gasteiger partial charge in [0.25, 0.3) is 0 Å². The average Bonchev–Trinajstić information content (AvgIpc) is 3.00. The van der Waals surface area contributed by atoms with Crippen LogP contribution in [0.15, 0.2) is 12.4 Å². The summed E-state index contributed by atoms with van der Waals surface area (Å²) < 4.78 is 2.15. The Bertz CT molecular complexity index is 320. The van der Waals surface area contributed by atoms with Gasteiger partial charge in [0, 0.05) is 37.4 Å². The van der Waals surface area contributed by atoms with Gasteiger partial charge in [0.15, 0.2) is 0 Å². The Morgan fingerprint density at radius 1 is 1.62 bits per heavy atom. The number of rotatable bonds is 7. The van der Waals surface area contributed by atoms with Crippen LogP contribution in [0, 0.1) is 0 Å². The molecule has 2 rings (SSSR count). The maximum Gasteiger partial charge on any atom is 0.108 e. The van der Waals surface area contributed by atoms with E-state index in [4.69, 9.17) is 0 Å². The standard InChI is InChI=1S/C12H21N3O/c1-2-3-12-13-6-7-15(12)8-11(9-16)14-10-4-5-10/h6-7,10-11,14,16H,2-5,8-9H2,1H3. The van der Waals surface area contributed by atoms with E-state index in [-0.39, 0.29) is 12.6 Å². The normalized spacial score (nSPS) is 17.6. The summed E-state index contributed by atoms with van der Waals surface area (Å²) in [4.78, 5) is 4.34. The first-order valence-electron chi connectivity index (χ1n) is 6.20. The van der Waals surface area contributed by atoms with E-state index in [0.717, 1.165) is 25.2 Å². The quantitative estimate of drug-likeness (QED) is 0.723. The molecule has 1 aromatic heterocycles. The van der Waals surface area contributed by atoms with Gasteiger partial charge in [-0.2, -0.15) is 0 Å². The number of aliphatic hydroxyl groups is 1. The van der Waals surface area contributed by atoms with Gasteiger partial charge in [0.1, 0.15) is 5.82 Å². The molecule has 90 valence electrons.